The molecule has 1 atom stereocenters. The number of hydrogen-bond acceptors (Lipinski definition) is 2. The second-order valence-electron chi connectivity index (χ2n) is 4.46. The summed E-state index contributed by atoms with van der Waals surface area (Å²) in [5.74, 6) is 0. The van der Waals surface area contributed by atoms with Crippen molar-refractivity contribution >= 4 is 0 Å². The van der Waals surface area contributed by atoms with Crippen LogP contribution in [0.3, 0.4) is 0 Å². The van der Waals surface area contributed by atoms with E-state index in [0.717, 1.165) is 6.61 Å². The highest BCUT2D eigenvalue weighted by atomic mass is 16.5. The zero-order chi connectivity index (χ0) is 9.15. The molecule has 0 radical (unpaired) electrons. The first-order valence-electron chi connectivity index (χ1n) is 5.71. The molecule has 2 nitrogen and oxygen atoms in total. The lowest BCUT2D eigenvalue weighted by molar-refractivity contribution is -0.115. The molecular weight excluding hydrogens is 162 g/mol. The fourth-order valence-electron chi connectivity index (χ4n) is 2.69. The molecule has 1 unspecified atom stereocenters. The van der Waals surface area contributed by atoms with Crippen molar-refractivity contribution < 1.29 is 4.74 Å². The second kappa shape index (κ2) is 3.97. The molecule has 2 saturated heterocycles. The van der Waals surface area contributed by atoms with Gasteiger partial charge in [0.1, 0.15) is 0 Å². The molecule has 0 aromatic carbocycles. The summed E-state index contributed by atoms with van der Waals surface area (Å²) in [4.78, 5) is 2.54. The van der Waals surface area contributed by atoms with Gasteiger partial charge in [-0.1, -0.05) is 6.92 Å². The molecule has 76 valence electrons. The van der Waals surface area contributed by atoms with Gasteiger partial charge in [-0.3, -0.25) is 0 Å². The third kappa shape index (κ3) is 2.05. The van der Waals surface area contributed by atoms with Crippen LogP contribution in [0.15, 0.2) is 0 Å². The Balaban J connectivity index is 1.95. The first kappa shape index (κ1) is 9.47. The van der Waals surface area contributed by atoms with Gasteiger partial charge in [0.15, 0.2) is 0 Å². The van der Waals surface area contributed by atoms with Gasteiger partial charge in [0.25, 0.3) is 0 Å². The number of hydrogen-bond donors (Lipinski definition) is 0. The van der Waals surface area contributed by atoms with Crippen LogP contribution in [-0.2, 0) is 4.74 Å². The van der Waals surface area contributed by atoms with Gasteiger partial charge in [-0.25, -0.2) is 0 Å². The fraction of sp³-hybridized carbons (Fsp3) is 1.00. The van der Waals surface area contributed by atoms with Gasteiger partial charge in [-0.2, -0.15) is 0 Å². The average Bonchev–Trinajstić information content (AvgIpc) is 2.19. The summed E-state index contributed by atoms with van der Waals surface area (Å²) in [6.45, 7) is 6.90. The van der Waals surface area contributed by atoms with Crippen molar-refractivity contribution in [3.05, 3.63) is 0 Å². The maximum atomic E-state index is 6.00. The summed E-state index contributed by atoms with van der Waals surface area (Å²) in [7, 11) is 0. The van der Waals surface area contributed by atoms with Crippen LogP contribution in [0, 0.1) is 0 Å². The van der Waals surface area contributed by atoms with Gasteiger partial charge >= 0.3 is 0 Å². The van der Waals surface area contributed by atoms with E-state index in [2.05, 4.69) is 11.8 Å². The van der Waals surface area contributed by atoms with Crippen molar-refractivity contribution in [1.29, 1.82) is 0 Å². The number of likely N-dealkylation sites (tertiary alicyclic amines) is 1. The molecule has 2 rings (SSSR count). The van der Waals surface area contributed by atoms with Crippen LogP contribution in [-0.4, -0.2) is 36.7 Å². The summed E-state index contributed by atoms with van der Waals surface area (Å²) >= 11 is 0. The lowest BCUT2D eigenvalue weighted by Gasteiger charge is -2.44. The molecule has 0 amide bonds. The predicted molar refractivity (Wildman–Crippen MR) is 53.9 cm³/mol. The Kier molecular flexibility index (Phi) is 2.89. The molecule has 1 spiro atoms. The van der Waals surface area contributed by atoms with Crippen molar-refractivity contribution in [2.45, 2.75) is 44.6 Å². The van der Waals surface area contributed by atoms with Crippen molar-refractivity contribution in [2.24, 2.45) is 0 Å². The quantitative estimate of drug-likeness (QED) is 0.617. The van der Waals surface area contributed by atoms with Crippen LogP contribution < -0.4 is 0 Å². The number of ether oxygens (including phenoxy) is 1. The number of nitrogens with zero attached hydrogens (tertiary/aromatic N) is 1. The molecule has 0 aromatic heterocycles. The van der Waals surface area contributed by atoms with Gasteiger partial charge in [-0.15, -0.1) is 0 Å². The Bertz CT molecular complexity index is 158. The molecule has 2 aliphatic rings. The second-order valence-corrected chi connectivity index (χ2v) is 4.46. The van der Waals surface area contributed by atoms with E-state index in [1.807, 2.05) is 0 Å². The average molecular weight is 183 g/mol. The maximum absolute atomic E-state index is 6.00. The molecule has 13 heavy (non-hydrogen) atoms. The Hall–Kier alpha value is -0.0800. The van der Waals surface area contributed by atoms with E-state index in [0.29, 0.717) is 0 Å². The maximum Gasteiger partial charge on any atom is 0.0809 e. The smallest absolute Gasteiger partial charge is 0.0809 e. The minimum Gasteiger partial charge on any atom is -0.374 e. The van der Waals surface area contributed by atoms with E-state index in [4.69, 9.17) is 4.74 Å². The van der Waals surface area contributed by atoms with Gasteiger partial charge < -0.3 is 9.64 Å². The molecule has 0 saturated carbocycles. The van der Waals surface area contributed by atoms with Crippen molar-refractivity contribution in [3.8, 4) is 0 Å². The minimum absolute atomic E-state index is 0.256. The summed E-state index contributed by atoms with van der Waals surface area (Å²) in [5, 5.41) is 0. The summed E-state index contributed by atoms with van der Waals surface area (Å²) in [6, 6.07) is 0. The Labute approximate surface area is 81.3 Å². The molecule has 2 fully saturated rings. The highest BCUT2D eigenvalue weighted by Crippen LogP contribution is 2.33. The zero-order valence-electron chi connectivity index (χ0n) is 8.72. The third-order valence-corrected chi connectivity index (χ3v) is 3.50. The van der Waals surface area contributed by atoms with Crippen molar-refractivity contribution in [3.63, 3.8) is 0 Å². The molecule has 0 N–H and O–H groups in total. The van der Waals surface area contributed by atoms with Crippen LogP contribution >= 0.6 is 0 Å². The molecule has 0 aliphatic carbocycles. The molecular formula is C11H21NO. The highest BCUT2D eigenvalue weighted by molar-refractivity contribution is 4.90. The van der Waals surface area contributed by atoms with Crippen LogP contribution in [0.5, 0.6) is 0 Å². The van der Waals surface area contributed by atoms with E-state index < -0.39 is 0 Å². The molecule has 2 heteroatoms. The topological polar surface area (TPSA) is 12.5 Å². The van der Waals surface area contributed by atoms with Crippen molar-refractivity contribution in [1.82, 2.24) is 4.90 Å². The Morgan fingerprint density at radius 2 is 2.08 bits per heavy atom. The van der Waals surface area contributed by atoms with E-state index in [1.54, 1.807) is 0 Å². The first-order valence-corrected chi connectivity index (χ1v) is 5.71. The van der Waals surface area contributed by atoms with Crippen LogP contribution in [0.2, 0.25) is 0 Å². The number of rotatable bonds is 1. The zero-order valence-corrected chi connectivity index (χ0v) is 8.72. The lowest BCUT2D eigenvalue weighted by Crippen LogP contribution is -2.51. The molecule has 0 aromatic rings. The Morgan fingerprint density at radius 1 is 1.23 bits per heavy atom. The normalized spacial score (nSPS) is 36.7. The Morgan fingerprint density at radius 3 is 2.77 bits per heavy atom. The van der Waals surface area contributed by atoms with Gasteiger partial charge in [0, 0.05) is 13.2 Å². The summed E-state index contributed by atoms with van der Waals surface area (Å²) in [6.07, 6.45) is 6.56. The van der Waals surface area contributed by atoms with E-state index in [-0.39, 0.29) is 5.60 Å². The summed E-state index contributed by atoms with van der Waals surface area (Å²) in [5.41, 5.74) is 0.256. The van der Waals surface area contributed by atoms with Crippen molar-refractivity contribution in [2.75, 3.05) is 26.2 Å². The monoisotopic (exact) mass is 183 g/mol. The largest absolute Gasteiger partial charge is 0.374 e. The molecule has 2 heterocycles. The molecule has 2 aliphatic heterocycles. The van der Waals surface area contributed by atoms with Gasteiger partial charge in [0.2, 0.25) is 0 Å². The van der Waals surface area contributed by atoms with E-state index >= 15 is 0 Å². The van der Waals surface area contributed by atoms with E-state index in [9.17, 15) is 0 Å². The minimum atomic E-state index is 0.256. The predicted octanol–water partition coefficient (Wildman–Crippen LogP) is 2.04. The number of likely N-dealkylation sites (N-methyl/N-ethyl adjacent to an activating group) is 1. The van der Waals surface area contributed by atoms with Gasteiger partial charge in [-0.05, 0) is 45.2 Å². The summed E-state index contributed by atoms with van der Waals surface area (Å²) < 4.78 is 6.00. The van der Waals surface area contributed by atoms with Crippen LogP contribution in [0.1, 0.15) is 39.0 Å². The molecule has 0 bridgehead atoms. The number of piperidine rings is 1. The SMILES string of the molecule is CCN1CCCC2(CCCCO2)C1. The standard InChI is InChI=1S/C11H21NO/c1-2-12-8-5-7-11(10-12)6-3-4-9-13-11/h2-10H2,1H3. The lowest BCUT2D eigenvalue weighted by atomic mass is 9.86. The van der Waals surface area contributed by atoms with Crippen LogP contribution in [0.25, 0.3) is 0 Å². The van der Waals surface area contributed by atoms with Gasteiger partial charge in [0.05, 0.1) is 5.60 Å². The first-order chi connectivity index (χ1) is 6.35. The van der Waals surface area contributed by atoms with E-state index in [1.165, 1.54) is 51.7 Å². The van der Waals surface area contributed by atoms with Crippen LogP contribution in [0.4, 0.5) is 0 Å². The third-order valence-electron chi connectivity index (χ3n) is 3.50. The fourth-order valence-corrected chi connectivity index (χ4v) is 2.69. The highest BCUT2D eigenvalue weighted by Gasteiger charge is 2.36.